The van der Waals surface area contributed by atoms with E-state index in [0.29, 0.717) is 57.5 Å². The molecule has 1 atom stereocenters. The number of nitriles is 1. The number of benzene rings is 2. The fraction of sp³-hybridized carbons (Fsp3) is 0.148. The normalized spacial score (nSPS) is 14.0. The summed E-state index contributed by atoms with van der Waals surface area (Å²) in [5.74, 6) is -0.560. The second-order valence-electron chi connectivity index (χ2n) is 9.17. The number of halogens is 5. The maximum atomic E-state index is 13.8. The van der Waals surface area contributed by atoms with Gasteiger partial charge in [0.25, 0.3) is 0 Å². The number of rotatable bonds is 7. The van der Waals surface area contributed by atoms with Gasteiger partial charge in [0.1, 0.15) is 40.0 Å². The summed E-state index contributed by atoms with van der Waals surface area (Å²) in [6.07, 6.45) is 3.23. The Hall–Kier alpha value is -3.72. The highest BCUT2D eigenvalue weighted by molar-refractivity contribution is 6.36. The van der Waals surface area contributed by atoms with Gasteiger partial charge >= 0.3 is 0 Å². The Morgan fingerprint density at radius 3 is 2.56 bits per heavy atom. The number of anilines is 3. The highest BCUT2D eigenvalue weighted by Gasteiger charge is 2.26. The van der Waals surface area contributed by atoms with Gasteiger partial charge in [0.05, 0.1) is 46.2 Å². The van der Waals surface area contributed by atoms with E-state index in [2.05, 4.69) is 37.0 Å². The standard InChI is InChI=1S/C27H17Cl4FN8O/c28-19-6-14(1-3-21(19)32)35-24-13(8-33)9-34-25-18(24)5-15(7-20(25)29)36-26(17-2-4-23(30)37-27(17)31)22-10-40(39-38-22)16-11-41-12-16/h1-7,9-10,16,26,36H,11-12H2,(H,34,35). The fourth-order valence-corrected chi connectivity index (χ4v) is 5.28. The van der Waals surface area contributed by atoms with Crippen LogP contribution in [0.1, 0.15) is 28.9 Å². The van der Waals surface area contributed by atoms with E-state index in [-0.39, 0.29) is 26.9 Å². The first-order chi connectivity index (χ1) is 19.8. The largest absolute Gasteiger partial charge is 0.377 e. The van der Waals surface area contributed by atoms with Gasteiger partial charge in [0.2, 0.25) is 0 Å². The maximum Gasteiger partial charge on any atom is 0.141 e. The average molecular weight is 630 g/mol. The highest BCUT2D eigenvalue weighted by Crippen LogP contribution is 2.38. The van der Waals surface area contributed by atoms with Crippen LogP contribution in [0.15, 0.2) is 54.9 Å². The molecule has 2 aromatic carbocycles. The summed E-state index contributed by atoms with van der Waals surface area (Å²) in [5.41, 5.74) is 3.34. The number of nitrogens with zero attached hydrogens (tertiary/aromatic N) is 6. The lowest BCUT2D eigenvalue weighted by Gasteiger charge is -2.25. The molecule has 5 aromatic rings. The number of pyridine rings is 2. The number of aromatic nitrogens is 5. The van der Waals surface area contributed by atoms with Crippen molar-refractivity contribution in [3.63, 3.8) is 0 Å². The Morgan fingerprint density at radius 1 is 1.05 bits per heavy atom. The van der Waals surface area contributed by atoms with Crippen LogP contribution < -0.4 is 10.6 Å². The molecule has 0 amide bonds. The molecule has 1 unspecified atom stereocenters. The van der Waals surface area contributed by atoms with Crippen LogP contribution in [0, 0.1) is 17.1 Å². The predicted molar refractivity (Wildman–Crippen MR) is 156 cm³/mol. The molecule has 0 spiro atoms. The zero-order chi connectivity index (χ0) is 28.7. The lowest BCUT2D eigenvalue weighted by Crippen LogP contribution is -2.31. The van der Waals surface area contributed by atoms with Crippen LogP contribution in [0.3, 0.4) is 0 Å². The third kappa shape index (κ3) is 5.47. The van der Waals surface area contributed by atoms with Crippen molar-refractivity contribution in [3.8, 4) is 6.07 Å². The topological polar surface area (TPSA) is 114 Å². The van der Waals surface area contributed by atoms with Gasteiger partial charge in [-0.3, -0.25) is 4.98 Å². The van der Waals surface area contributed by atoms with E-state index in [4.69, 9.17) is 51.1 Å². The minimum absolute atomic E-state index is 0.0648. The summed E-state index contributed by atoms with van der Waals surface area (Å²) >= 11 is 25.3. The molecule has 206 valence electrons. The molecule has 0 saturated carbocycles. The molecular weight excluding hydrogens is 613 g/mol. The molecule has 9 nitrogen and oxygen atoms in total. The first kappa shape index (κ1) is 27.4. The summed E-state index contributed by atoms with van der Waals surface area (Å²) < 4.78 is 20.8. The summed E-state index contributed by atoms with van der Waals surface area (Å²) in [5, 5.41) is 26.3. The smallest absolute Gasteiger partial charge is 0.141 e. The molecule has 4 heterocycles. The molecule has 1 saturated heterocycles. The molecule has 1 aliphatic rings. The van der Waals surface area contributed by atoms with Gasteiger partial charge in [-0.1, -0.05) is 57.7 Å². The van der Waals surface area contributed by atoms with Crippen LogP contribution in [0.5, 0.6) is 0 Å². The van der Waals surface area contributed by atoms with E-state index in [1.165, 1.54) is 24.4 Å². The van der Waals surface area contributed by atoms with Crippen molar-refractivity contribution in [1.29, 1.82) is 5.26 Å². The van der Waals surface area contributed by atoms with Crippen molar-refractivity contribution >= 4 is 74.4 Å². The van der Waals surface area contributed by atoms with E-state index in [9.17, 15) is 9.65 Å². The third-order valence-electron chi connectivity index (χ3n) is 6.52. The average Bonchev–Trinajstić information content (AvgIpc) is 3.38. The monoisotopic (exact) mass is 628 g/mol. The van der Waals surface area contributed by atoms with Crippen LogP contribution in [0.2, 0.25) is 20.4 Å². The van der Waals surface area contributed by atoms with Crippen LogP contribution in [0.4, 0.5) is 21.5 Å². The SMILES string of the molecule is N#Cc1cnc2c(Cl)cc(NC(c3cn(C4COC4)nn3)c3ccc(Cl)nc3Cl)cc2c1Nc1ccc(F)c(Cl)c1. The van der Waals surface area contributed by atoms with E-state index < -0.39 is 11.9 Å². The highest BCUT2D eigenvalue weighted by atomic mass is 35.5. The van der Waals surface area contributed by atoms with Crippen molar-refractivity contribution in [2.24, 2.45) is 0 Å². The minimum atomic E-state index is -0.602. The van der Waals surface area contributed by atoms with Crippen molar-refractivity contribution in [2.75, 3.05) is 23.8 Å². The van der Waals surface area contributed by atoms with E-state index in [1.807, 2.05) is 6.20 Å². The molecule has 0 bridgehead atoms. The quantitative estimate of drug-likeness (QED) is 0.180. The minimum Gasteiger partial charge on any atom is -0.377 e. The van der Waals surface area contributed by atoms with Gasteiger partial charge in [-0.2, -0.15) is 5.26 Å². The Balaban J connectivity index is 1.45. The van der Waals surface area contributed by atoms with Crippen molar-refractivity contribution in [3.05, 3.63) is 97.8 Å². The molecule has 1 aliphatic heterocycles. The molecule has 3 aromatic heterocycles. The van der Waals surface area contributed by atoms with Gasteiger partial charge in [-0.05, 0) is 36.4 Å². The Labute approximate surface area is 252 Å². The van der Waals surface area contributed by atoms with Gasteiger partial charge in [0, 0.05) is 28.5 Å². The van der Waals surface area contributed by atoms with Gasteiger partial charge in [-0.15, -0.1) is 5.10 Å². The summed E-state index contributed by atoms with van der Waals surface area (Å²) in [4.78, 5) is 8.58. The lowest BCUT2D eigenvalue weighted by molar-refractivity contribution is -0.0293. The van der Waals surface area contributed by atoms with Crippen molar-refractivity contribution in [1.82, 2.24) is 25.0 Å². The Kier molecular flexibility index (Phi) is 7.55. The van der Waals surface area contributed by atoms with Gasteiger partial charge in [-0.25, -0.2) is 14.1 Å². The van der Waals surface area contributed by atoms with Crippen LogP contribution in [0.25, 0.3) is 10.9 Å². The second-order valence-corrected chi connectivity index (χ2v) is 10.7. The van der Waals surface area contributed by atoms with Gasteiger partial charge in [0.15, 0.2) is 0 Å². The molecule has 0 radical (unpaired) electrons. The first-order valence-corrected chi connectivity index (χ1v) is 13.6. The summed E-state index contributed by atoms with van der Waals surface area (Å²) in [6, 6.07) is 12.7. The predicted octanol–water partition coefficient (Wildman–Crippen LogP) is 7.36. The molecule has 41 heavy (non-hydrogen) atoms. The third-order valence-corrected chi connectivity index (χ3v) is 7.61. The fourth-order valence-electron chi connectivity index (χ4n) is 4.37. The van der Waals surface area contributed by atoms with Crippen molar-refractivity contribution < 1.29 is 9.13 Å². The number of hydrogen-bond donors (Lipinski definition) is 2. The molecule has 0 aliphatic carbocycles. The van der Waals surface area contributed by atoms with Gasteiger partial charge < -0.3 is 15.4 Å². The number of fused-ring (bicyclic) bond motifs is 1. The zero-order valence-corrected chi connectivity index (χ0v) is 23.8. The number of ether oxygens (including phenoxy) is 1. The van der Waals surface area contributed by atoms with Crippen molar-refractivity contribution in [2.45, 2.75) is 12.1 Å². The van der Waals surface area contributed by atoms with E-state index >= 15 is 0 Å². The van der Waals surface area contributed by atoms with Crippen LogP contribution in [-0.4, -0.2) is 38.2 Å². The van der Waals surface area contributed by atoms with Crippen LogP contribution in [-0.2, 0) is 4.74 Å². The molecular formula is C27H17Cl4FN8O. The summed E-state index contributed by atoms with van der Waals surface area (Å²) in [7, 11) is 0. The van der Waals surface area contributed by atoms with E-state index in [0.717, 1.165) is 0 Å². The second kappa shape index (κ2) is 11.3. The first-order valence-electron chi connectivity index (χ1n) is 12.1. The molecule has 6 rings (SSSR count). The molecule has 2 N–H and O–H groups in total. The zero-order valence-electron chi connectivity index (χ0n) is 20.7. The molecule has 1 fully saturated rings. The Morgan fingerprint density at radius 2 is 1.85 bits per heavy atom. The molecule has 14 heteroatoms. The maximum absolute atomic E-state index is 13.8. The number of hydrogen-bond acceptors (Lipinski definition) is 8. The lowest BCUT2D eigenvalue weighted by atomic mass is 10.0. The Bertz CT molecular complexity index is 1840. The summed E-state index contributed by atoms with van der Waals surface area (Å²) in [6.45, 7) is 1.10. The van der Waals surface area contributed by atoms with Crippen LogP contribution >= 0.6 is 46.4 Å². The number of nitrogens with one attached hydrogen (secondary N) is 2. The van der Waals surface area contributed by atoms with E-state index in [1.54, 1.807) is 28.9 Å².